The number of ether oxygens (including phenoxy) is 2. The van der Waals surface area contributed by atoms with Gasteiger partial charge in [-0.05, 0) is 6.07 Å². The number of rotatable bonds is 2. The number of benzene rings is 1. The fourth-order valence-corrected chi connectivity index (χ4v) is 1.49. The summed E-state index contributed by atoms with van der Waals surface area (Å²) in [4.78, 5) is 0. The molecular weight excluding hydrogens is 206 g/mol. The van der Waals surface area contributed by atoms with Gasteiger partial charge in [0.2, 0.25) is 0 Å². The summed E-state index contributed by atoms with van der Waals surface area (Å²) < 4.78 is 36.1. The minimum absolute atomic E-state index is 0.0182. The third-order valence-electron chi connectivity index (χ3n) is 2.42. The van der Waals surface area contributed by atoms with Crippen molar-refractivity contribution in [3.63, 3.8) is 0 Å². The van der Waals surface area contributed by atoms with Gasteiger partial charge in [0.25, 0.3) is 0 Å². The molecule has 15 heavy (non-hydrogen) atoms. The third kappa shape index (κ3) is 1.57. The lowest BCUT2D eigenvalue weighted by Crippen LogP contribution is -2.47. The molecule has 1 N–H and O–H groups in total. The molecular formula is C10H10F2O3. The number of aliphatic hydroxyl groups is 1. The lowest BCUT2D eigenvalue weighted by molar-refractivity contribution is -0.186. The Labute approximate surface area is 85.2 Å². The van der Waals surface area contributed by atoms with Crippen LogP contribution in [-0.4, -0.2) is 25.4 Å². The summed E-state index contributed by atoms with van der Waals surface area (Å²) in [6.45, 7) is -0.0363. The van der Waals surface area contributed by atoms with Gasteiger partial charge in [0.05, 0.1) is 20.3 Å². The number of hydrogen-bond acceptors (Lipinski definition) is 3. The molecule has 0 amide bonds. The van der Waals surface area contributed by atoms with Crippen LogP contribution in [0, 0.1) is 11.6 Å². The third-order valence-corrected chi connectivity index (χ3v) is 2.42. The molecule has 0 aromatic heterocycles. The van der Waals surface area contributed by atoms with Crippen LogP contribution in [0.1, 0.15) is 5.56 Å². The molecule has 1 fully saturated rings. The molecule has 0 spiro atoms. The fourth-order valence-electron chi connectivity index (χ4n) is 1.49. The highest BCUT2D eigenvalue weighted by atomic mass is 19.1. The van der Waals surface area contributed by atoms with E-state index in [2.05, 4.69) is 4.74 Å². The van der Waals surface area contributed by atoms with E-state index < -0.39 is 17.2 Å². The maximum absolute atomic E-state index is 13.5. The van der Waals surface area contributed by atoms with E-state index in [-0.39, 0.29) is 24.5 Å². The average molecular weight is 216 g/mol. The van der Waals surface area contributed by atoms with Crippen molar-refractivity contribution in [2.24, 2.45) is 0 Å². The highest BCUT2D eigenvalue weighted by molar-refractivity contribution is 5.35. The topological polar surface area (TPSA) is 38.7 Å². The first-order valence-corrected chi connectivity index (χ1v) is 4.40. The number of halogens is 2. The highest BCUT2D eigenvalue weighted by Gasteiger charge is 2.40. The summed E-state index contributed by atoms with van der Waals surface area (Å²) in [6, 6.07) is 1.86. The summed E-state index contributed by atoms with van der Waals surface area (Å²) in [5, 5.41) is 9.78. The van der Waals surface area contributed by atoms with Crippen LogP contribution in [0.3, 0.4) is 0 Å². The Bertz CT molecular complexity index is 388. The van der Waals surface area contributed by atoms with Gasteiger partial charge in [0, 0.05) is 11.6 Å². The normalized spacial score (nSPS) is 18.4. The standard InChI is InChI=1S/C10H10F2O3/c1-14-9-3-7(11)6(2-8(9)12)10(13)4-15-5-10/h2-3,13H,4-5H2,1H3. The van der Waals surface area contributed by atoms with E-state index >= 15 is 0 Å². The monoisotopic (exact) mass is 216 g/mol. The molecule has 1 saturated heterocycles. The van der Waals surface area contributed by atoms with Gasteiger partial charge in [-0.15, -0.1) is 0 Å². The number of hydrogen-bond donors (Lipinski definition) is 1. The van der Waals surface area contributed by atoms with Crippen LogP contribution in [0.15, 0.2) is 12.1 Å². The minimum Gasteiger partial charge on any atom is -0.494 e. The molecule has 5 heteroatoms. The summed E-state index contributed by atoms with van der Waals surface area (Å²) >= 11 is 0. The number of methoxy groups -OCH3 is 1. The second kappa shape index (κ2) is 3.43. The lowest BCUT2D eigenvalue weighted by atomic mass is 9.91. The molecule has 0 bridgehead atoms. The zero-order chi connectivity index (χ0) is 11.1. The average Bonchev–Trinajstić information content (AvgIpc) is 2.17. The molecule has 1 aliphatic heterocycles. The highest BCUT2D eigenvalue weighted by Crippen LogP contribution is 2.33. The van der Waals surface area contributed by atoms with E-state index in [9.17, 15) is 13.9 Å². The van der Waals surface area contributed by atoms with Gasteiger partial charge in [-0.2, -0.15) is 0 Å². The lowest BCUT2D eigenvalue weighted by Gasteiger charge is -2.36. The maximum atomic E-state index is 13.5. The van der Waals surface area contributed by atoms with Crippen LogP contribution in [0.4, 0.5) is 8.78 Å². The smallest absolute Gasteiger partial charge is 0.165 e. The Morgan fingerprint density at radius 1 is 1.33 bits per heavy atom. The van der Waals surface area contributed by atoms with E-state index in [1.807, 2.05) is 0 Å². The Kier molecular flexibility index (Phi) is 2.36. The molecule has 3 nitrogen and oxygen atoms in total. The maximum Gasteiger partial charge on any atom is 0.165 e. The van der Waals surface area contributed by atoms with E-state index in [0.29, 0.717) is 0 Å². The van der Waals surface area contributed by atoms with E-state index in [0.717, 1.165) is 12.1 Å². The summed E-state index contributed by atoms with van der Waals surface area (Å²) in [5.74, 6) is -1.58. The van der Waals surface area contributed by atoms with E-state index in [4.69, 9.17) is 4.74 Å². The van der Waals surface area contributed by atoms with Crippen LogP contribution in [0.2, 0.25) is 0 Å². The Morgan fingerprint density at radius 2 is 2.00 bits per heavy atom. The van der Waals surface area contributed by atoms with Crippen LogP contribution in [-0.2, 0) is 10.3 Å². The van der Waals surface area contributed by atoms with Crippen molar-refractivity contribution in [2.45, 2.75) is 5.60 Å². The van der Waals surface area contributed by atoms with E-state index in [1.54, 1.807) is 0 Å². The molecule has 0 unspecified atom stereocenters. The molecule has 1 aliphatic rings. The van der Waals surface area contributed by atoms with Gasteiger partial charge >= 0.3 is 0 Å². The van der Waals surface area contributed by atoms with Crippen molar-refractivity contribution in [1.29, 1.82) is 0 Å². The zero-order valence-electron chi connectivity index (χ0n) is 8.09. The van der Waals surface area contributed by atoms with Gasteiger partial charge in [-0.1, -0.05) is 0 Å². The first-order valence-electron chi connectivity index (χ1n) is 4.40. The van der Waals surface area contributed by atoms with Crippen molar-refractivity contribution in [3.8, 4) is 5.75 Å². The molecule has 1 aromatic carbocycles. The second-order valence-corrected chi connectivity index (χ2v) is 3.49. The second-order valence-electron chi connectivity index (χ2n) is 3.49. The van der Waals surface area contributed by atoms with Crippen molar-refractivity contribution in [2.75, 3.05) is 20.3 Å². The van der Waals surface area contributed by atoms with Crippen LogP contribution in [0.25, 0.3) is 0 Å². The summed E-state index contributed by atoms with van der Waals surface area (Å²) in [6.07, 6.45) is 0. The molecule has 0 aliphatic carbocycles. The van der Waals surface area contributed by atoms with Crippen LogP contribution >= 0.6 is 0 Å². The van der Waals surface area contributed by atoms with Gasteiger partial charge in [0.15, 0.2) is 11.6 Å². The predicted molar refractivity (Wildman–Crippen MR) is 47.6 cm³/mol. The Balaban J connectivity index is 2.45. The molecule has 2 rings (SSSR count). The summed E-state index contributed by atoms with van der Waals surface area (Å²) in [5.41, 5.74) is -1.50. The molecule has 0 saturated carbocycles. The first kappa shape index (κ1) is 10.3. The Hall–Kier alpha value is -1.20. The quantitative estimate of drug-likeness (QED) is 0.807. The van der Waals surface area contributed by atoms with Gasteiger partial charge in [-0.3, -0.25) is 0 Å². The molecule has 0 atom stereocenters. The van der Waals surface area contributed by atoms with Crippen molar-refractivity contribution < 1.29 is 23.4 Å². The fraction of sp³-hybridized carbons (Fsp3) is 0.400. The van der Waals surface area contributed by atoms with E-state index in [1.165, 1.54) is 7.11 Å². The van der Waals surface area contributed by atoms with Crippen molar-refractivity contribution >= 4 is 0 Å². The largest absolute Gasteiger partial charge is 0.494 e. The van der Waals surface area contributed by atoms with Crippen LogP contribution in [0.5, 0.6) is 5.75 Å². The van der Waals surface area contributed by atoms with Crippen LogP contribution < -0.4 is 4.74 Å². The molecule has 82 valence electrons. The molecule has 1 heterocycles. The zero-order valence-corrected chi connectivity index (χ0v) is 8.09. The predicted octanol–water partition coefficient (Wildman–Crippen LogP) is 1.19. The Morgan fingerprint density at radius 3 is 2.47 bits per heavy atom. The molecule has 0 radical (unpaired) electrons. The first-order chi connectivity index (χ1) is 7.07. The van der Waals surface area contributed by atoms with Gasteiger partial charge in [-0.25, -0.2) is 8.78 Å². The van der Waals surface area contributed by atoms with Gasteiger partial charge < -0.3 is 14.6 Å². The van der Waals surface area contributed by atoms with Crippen molar-refractivity contribution in [1.82, 2.24) is 0 Å². The molecule has 1 aromatic rings. The SMILES string of the molecule is COc1cc(F)c(C2(O)COC2)cc1F. The summed E-state index contributed by atoms with van der Waals surface area (Å²) in [7, 11) is 1.25. The van der Waals surface area contributed by atoms with Gasteiger partial charge in [0.1, 0.15) is 11.4 Å². The van der Waals surface area contributed by atoms with Crippen molar-refractivity contribution in [3.05, 3.63) is 29.3 Å². The minimum atomic E-state index is -1.41.